The molecule has 38 heavy (non-hydrogen) atoms. The Morgan fingerprint density at radius 3 is 2.61 bits per heavy atom. The first-order chi connectivity index (χ1) is 18.1. The first-order valence-corrected chi connectivity index (χ1v) is 12.1. The smallest absolute Gasteiger partial charge is 0.308 e. The van der Waals surface area contributed by atoms with Crippen LogP contribution < -0.4 is 14.8 Å². The maximum atomic E-state index is 11.4. The number of nitrogens with zero attached hydrogens (tertiary/aromatic N) is 4. The molecule has 4 atom stereocenters. The molecule has 13 heteroatoms. The summed E-state index contributed by atoms with van der Waals surface area (Å²) < 4.78 is 35.9. The van der Waals surface area contributed by atoms with E-state index >= 15 is 0 Å². The lowest BCUT2D eigenvalue weighted by Gasteiger charge is -2.24. The third-order valence-electron chi connectivity index (χ3n) is 6.15. The van der Waals surface area contributed by atoms with Gasteiger partial charge in [0.25, 0.3) is 0 Å². The van der Waals surface area contributed by atoms with Crippen molar-refractivity contribution < 1.29 is 38.0 Å². The van der Waals surface area contributed by atoms with Crippen LogP contribution in [-0.2, 0) is 35.1 Å². The van der Waals surface area contributed by atoms with Crippen LogP contribution in [0.15, 0.2) is 30.9 Å². The molecular formula is C25H29N5O8. The third kappa shape index (κ3) is 5.12. The largest absolute Gasteiger partial charge is 0.493 e. The summed E-state index contributed by atoms with van der Waals surface area (Å²) in [5.74, 6) is -0.351. The number of fused-ring (bicyclic) bond motifs is 2. The second-order valence-electron chi connectivity index (χ2n) is 9.41. The molecule has 1 N–H and O–H groups in total. The second kappa shape index (κ2) is 10.2. The summed E-state index contributed by atoms with van der Waals surface area (Å²) in [6.07, 6.45) is 1.04. The number of hydrogen-bond donors (Lipinski definition) is 1. The zero-order chi connectivity index (χ0) is 27.0. The highest BCUT2D eigenvalue weighted by molar-refractivity contribution is 5.82. The van der Waals surface area contributed by atoms with Crippen molar-refractivity contribution in [1.29, 1.82) is 0 Å². The molecule has 2 saturated heterocycles. The van der Waals surface area contributed by atoms with Gasteiger partial charge in [0.15, 0.2) is 40.5 Å². The molecule has 2 fully saturated rings. The highest BCUT2D eigenvalue weighted by Crippen LogP contribution is 2.44. The van der Waals surface area contributed by atoms with Gasteiger partial charge in [-0.1, -0.05) is 6.07 Å². The zero-order valence-electron chi connectivity index (χ0n) is 21.7. The van der Waals surface area contributed by atoms with Gasteiger partial charge in [-0.3, -0.25) is 14.2 Å². The van der Waals surface area contributed by atoms with Crippen molar-refractivity contribution in [3.63, 3.8) is 0 Å². The van der Waals surface area contributed by atoms with Gasteiger partial charge in [-0.05, 0) is 31.5 Å². The van der Waals surface area contributed by atoms with Gasteiger partial charge in [0.1, 0.15) is 31.2 Å². The van der Waals surface area contributed by atoms with E-state index in [4.69, 9.17) is 28.4 Å². The van der Waals surface area contributed by atoms with Crippen molar-refractivity contribution in [3.8, 4) is 11.5 Å². The van der Waals surface area contributed by atoms with Crippen LogP contribution in [0, 0.1) is 0 Å². The van der Waals surface area contributed by atoms with E-state index in [2.05, 4.69) is 20.3 Å². The minimum atomic E-state index is -0.823. The van der Waals surface area contributed by atoms with Gasteiger partial charge in [-0.15, -0.1) is 0 Å². The Balaban J connectivity index is 1.37. The van der Waals surface area contributed by atoms with Crippen molar-refractivity contribution in [2.75, 3.05) is 19.0 Å². The molecule has 5 rings (SSSR count). The predicted octanol–water partition coefficient (Wildman–Crippen LogP) is 2.35. The van der Waals surface area contributed by atoms with Crippen LogP contribution in [0.25, 0.3) is 11.2 Å². The molecular weight excluding hydrogens is 498 g/mol. The Labute approximate surface area is 218 Å². The SMILES string of the molecule is COc1cc(CNc2ncnc3c2ncn3[C@@H]2O[C@H](COC(C)=O)[C@@H]3OC(C)(C)OC32)ccc1OC(C)=O. The fraction of sp³-hybridized carbons (Fsp3) is 0.480. The zero-order valence-corrected chi connectivity index (χ0v) is 21.7. The molecule has 2 aromatic heterocycles. The summed E-state index contributed by atoms with van der Waals surface area (Å²) in [7, 11) is 1.51. The van der Waals surface area contributed by atoms with Crippen LogP contribution in [-0.4, -0.2) is 69.3 Å². The number of hydrogen-bond acceptors (Lipinski definition) is 12. The van der Waals surface area contributed by atoms with Crippen molar-refractivity contribution >= 4 is 28.9 Å². The molecule has 3 aromatic rings. The molecule has 0 radical (unpaired) electrons. The lowest BCUT2D eigenvalue weighted by molar-refractivity contribution is -0.201. The lowest BCUT2D eigenvalue weighted by Crippen LogP contribution is -2.33. The highest BCUT2D eigenvalue weighted by atomic mass is 16.8. The molecule has 4 heterocycles. The molecule has 0 spiro atoms. The number of carbonyl (C=O) groups is 2. The van der Waals surface area contributed by atoms with Gasteiger partial charge < -0.3 is 33.7 Å². The molecule has 202 valence electrons. The van der Waals surface area contributed by atoms with E-state index in [1.54, 1.807) is 23.0 Å². The maximum Gasteiger partial charge on any atom is 0.308 e. The van der Waals surface area contributed by atoms with Crippen LogP contribution in [0.4, 0.5) is 5.82 Å². The van der Waals surface area contributed by atoms with Crippen LogP contribution in [0.5, 0.6) is 11.5 Å². The Bertz CT molecular complexity index is 1360. The first-order valence-electron chi connectivity index (χ1n) is 12.1. The van der Waals surface area contributed by atoms with E-state index in [-0.39, 0.29) is 6.61 Å². The first kappa shape index (κ1) is 25.8. The quantitative estimate of drug-likeness (QED) is 0.339. The number of methoxy groups -OCH3 is 1. The van der Waals surface area contributed by atoms with Gasteiger partial charge in [0, 0.05) is 20.4 Å². The monoisotopic (exact) mass is 527 g/mol. The predicted molar refractivity (Wildman–Crippen MR) is 131 cm³/mol. The van der Waals surface area contributed by atoms with Crippen LogP contribution >= 0.6 is 0 Å². The van der Waals surface area contributed by atoms with Crippen molar-refractivity contribution in [2.24, 2.45) is 0 Å². The maximum absolute atomic E-state index is 11.4. The molecule has 0 bridgehead atoms. The number of aromatic nitrogens is 4. The Morgan fingerprint density at radius 2 is 1.87 bits per heavy atom. The summed E-state index contributed by atoms with van der Waals surface area (Å²) in [6, 6.07) is 5.27. The van der Waals surface area contributed by atoms with E-state index in [1.165, 1.54) is 27.3 Å². The number of ether oxygens (including phenoxy) is 6. The molecule has 0 aliphatic carbocycles. The second-order valence-corrected chi connectivity index (χ2v) is 9.41. The van der Waals surface area contributed by atoms with Gasteiger partial charge in [-0.2, -0.15) is 0 Å². The highest BCUT2D eigenvalue weighted by Gasteiger charge is 2.56. The number of esters is 2. The average molecular weight is 528 g/mol. The van der Waals surface area contributed by atoms with Crippen molar-refractivity contribution in [2.45, 2.75) is 64.6 Å². The van der Waals surface area contributed by atoms with Gasteiger partial charge in [0.05, 0.1) is 13.4 Å². The van der Waals surface area contributed by atoms with Crippen molar-refractivity contribution in [3.05, 3.63) is 36.4 Å². The Hall–Kier alpha value is -3.81. The average Bonchev–Trinajstić information content (AvgIpc) is 3.52. The van der Waals surface area contributed by atoms with Crippen LogP contribution in [0.3, 0.4) is 0 Å². The topological polar surface area (TPSA) is 145 Å². The molecule has 13 nitrogen and oxygen atoms in total. The number of imidazole rings is 1. The molecule has 0 amide bonds. The van der Waals surface area contributed by atoms with Gasteiger partial charge in [0.2, 0.25) is 0 Å². The van der Waals surface area contributed by atoms with Crippen LogP contribution in [0.1, 0.15) is 39.5 Å². The third-order valence-corrected chi connectivity index (χ3v) is 6.15. The summed E-state index contributed by atoms with van der Waals surface area (Å²) in [5.41, 5.74) is 1.95. The minimum absolute atomic E-state index is 0.0422. The summed E-state index contributed by atoms with van der Waals surface area (Å²) in [5, 5.41) is 3.28. The standard InChI is InChI=1S/C25H29N5O8/c1-13(31)34-10-18-20-21(38-25(3,4)37-20)24(36-18)30-12-29-19-22(27-11-28-23(19)30)26-9-15-6-7-16(35-14(2)32)17(8-15)33-5/h6-8,11-12,18,20-21,24H,9-10H2,1-5H3,(H,26,27,28)/t18-,20+,21?,24-/m1/s1. The number of benzene rings is 1. The summed E-state index contributed by atoms with van der Waals surface area (Å²) in [6.45, 7) is 6.78. The molecule has 2 aliphatic rings. The summed E-state index contributed by atoms with van der Waals surface area (Å²) in [4.78, 5) is 36.0. The normalized spacial score (nSPS) is 23.7. The van der Waals surface area contributed by atoms with Gasteiger partial charge >= 0.3 is 11.9 Å². The van der Waals surface area contributed by atoms with E-state index in [1.807, 2.05) is 19.9 Å². The van der Waals surface area contributed by atoms with E-state index in [9.17, 15) is 9.59 Å². The van der Waals surface area contributed by atoms with E-state index in [0.717, 1.165) is 5.56 Å². The summed E-state index contributed by atoms with van der Waals surface area (Å²) >= 11 is 0. The number of carbonyl (C=O) groups excluding carboxylic acids is 2. The molecule has 0 saturated carbocycles. The van der Waals surface area contributed by atoms with E-state index < -0.39 is 42.3 Å². The van der Waals surface area contributed by atoms with Gasteiger partial charge in [-0.25, -0.2) is 15.0 Å². The minimum Gasteiger partial charge on any atom is -0.493 e. The lowest BCUT2D eigenvalue weighted by atomic mass is 10.1. The molecule has 1 unspecified atom stereocenters. The molecule has 2 aliphatic heterocycles. The number of nitrogens with one attached hydrogen (secondary N) is 1. The van der Waals surface area contributed by atoms with Crippen molar-refractivity contribution in [1.82, 2.24) is 19.5 Å². The Kier molecular flexibility index (Phi) is 6.90. The Morgan fingerprint density at radius 1 is 1.08 bits per heavy atom. The fourth-order valence-electron chi connectivity index (χ4n) is 4.63. The fourth-order valence-corrected chi connectivity index (χ4v) is 4.63. The number of rotatable bonds is 8. The van der Waals surface area contributed by atoms with E-state index in [0.29, 0.717) is 35.0 Å². The number of anilines is 1. The molecule has 1 aromatic carbocycles. The van der Waals surface area contributed by atoms with Crippen LogP contribution in [0.2, 0.25) is 0 Å².